The number of nitro benzene ring substituents is 1. The van der Waals surface area contributed by atoms with Crippen molar-refractivity contribution in [2.75, 3.05) is 7.11 Å². The Morgan fingerprint density at radius 1 is 1.10 bits per heavy atom. The normalized spacial score (nSPS) is 12.8. The average Bonchev–Trinajstić information content (AvgIpc) is 2.35. The lowest BCUT2D eigenvalue weighted by atomic mass is 9.97. The van der Waals surface area contributed by atoms with Gasteiger partial charge in [-0.2, -0.15) is 0 Å². The maximum absolute atomic E-state index is 11.3. The van der Waals surface area contributed by atoms with Gasteiger partial charge >= 0.3 is 0 Å². The Kier molecular flexibility index (Phi) is 5.51. The molecule has 0 bridgehead atoms. The van der Waals surface area contributed by atoms with Gasteiger partial charge in [0, 0.05) is 11.6 Å². The van der Waals surface area contributed by atoms with Gasteiger partial charge in [0.05, 0.1) is 29.8 Å². The second-order valence-corrected chi connectivity index (χ2v) is 5.39. The van der Waals surface area contributed by atoms with Gasteiger partial charge in [0.1, 0.15) is 5.75 Å². The van der Waals surface area contributed by atoms with Crippen LogP contribution >= 0.6 is 0 Å². The zero-order chi connectivity index (χ0) is 15.4. The van der Waals surface area contributed by atoms with Gasteiger partial charge in [-0.05, 0) is 32.8 Å². The van der Waals surface area contributed by atoms with E-state index >= 15 is 0 Å². The van der Waals surface area contributed by atoms with Gasteiger partial charge in [-0.1, -0.05) is 13.8 Å². The lowest BCUT2D eigenvalue weighted by molar-refractivity contribution is -0.386. The van der Waals surface area contributed by atoms with E-state index in [-0.39, 0.29) is 28.7 Å². The van der Waals surface area contributed by atoms with Crippen molar-refractivity contribution in [3.63, 3.8) is 0 Å². The molecule has 0 radical (unpaired) electrons. The molecular weight excluding hydrogens is 258 g/mol. The maximum atomic E-state index is 11.3. The van der Waals surface area contributed by atoms with E-state index in [0.29, 0.717) is 11.3 Å². The molecule has 1 rings (SSSR count). The molecule has 1 unspecified atom stereocenters. The van der Waals surface area contributed by atoms with E-state index in [4.69, 9.17) is 9.47 Å². The van der Waals surface area contributed by atoms with Crippen LogP contribution in [-0.4, -0.2) is 18.1 Å². The van der Waals surface area contributed by atoms with E-state index in [9.17, 15) is 10.1 Å². The topological polar surface area (TPSA) is 61.6 Å². The first-order valence-corrected chi connectivity index (χ1v) is 6.79. The van der Waals surface area contributed by atoms with E-state index in [0.717, 1.165) is 5.56 Å². The fraction of sp³-hybridized carbons (Fsp3) is 0.600. The summed E-state index contributed by atoms with van der Waals surface area (Å²) in [5.41, 5.74) is 1.47. The number of ether oxygens (including phenoxy) is 2. The van der Waals surface area contributed by atoms with Crippen molar-refractivity contribution < 1.29 is 14.4 Å². The summed E-state index contributed by atoms with van der Waals surface area (Å²) < 4.78 is 11.0. The van der Waals surface area contributed by atoms with Gasteiger partial charge in [0.2, 0.25) is 0 Å². The first-order valence-electron chi connectivity index (χ1n) is 6.79. The summed E-state index contributed by atoms with van der Waals surface area (Å²) in [5.74, 6) is 0.818. The molecule has 112 valence electrons. The molecule has 1 atom stereocenters. The minimum absolute atomic E-state index is 0.000347. The third kappa shape index (κ3) is 3.70. The molecule has 0 aliphatic rings. The van der Waals surface area contributed by atoms with Crippen molar-refractivity contribution in [3.05, 3.63) is 33.4 Å². The summed E-state index contributed by atoms with van der Waals surface area (Å²) in [7, 11) is 1.57. The van der Waals surface area contributed by atoms with Crippen LogP contribution < -0.4 is 4.74 Å². The highest BCUT2D eigenvalue weighted by atomic mass is 16.6. The van der Waals surface area contributed by atoms with Gasteiger partial charge in [-0.25, -0.2) is 0 Å². The Balaban J connectivity index is 3.38. The first-order chi connectivity index (χ1) is 9.27. The number of methoxy groups -OCH3 is 1. The molecule has 1 aromatic carbocycles. The predicted octanol–water partition coefficient (Wildman–Crippen LogP) is 4.21. The third-order valence-electron chi connectivity index (χ3n) is 3.11. The van der Waals surface area contributed by atoms with Crippen LogP contribution in [0, 0.1) is 10.1 Å². The Bertz CT molecular complexity index is 483. The quantitative estimate of drug-likeness (QED) is 0.578. The highest BCUT2D eigenvalue weighted by molar-refractivity contribution is 5.52. The zero-order valence-corrected chi connectivity index (χ0v) is 13.0. The summed E-state index contributed by atoms with van der Waals surface area (Å²) in [6.45, 7) is 9.59. The third-order valence-corrected chi connectivity index (χ3v) is 3.11. The number of nitro groups is 1. The lowest BCUT2D eigenvalue weighted by Gasteiger charge is -2.19. The molecule has 0 spiro atoms. The molecule has 0 saturated heterocycles. The number of hydrogen-bond donors (Lipinski definition) is 0. The molecule has 0 aromatic heterocycles. The zero-order valence-electron chi connectivity index (χ0n) is 13.0. The number of benzene rings is 1. The molecule has 0 N–H and O–H groups in total. The number of hydrogen-bond acceptors (Lipinski definition) is 4. The predicted molar refractivity (Wildman–Crippen MR) is 78.4 cm³/mol. The molecule has 0 aliphatic carbocycles. The van der Waals surface area contributed by atoms with Crippen LogP contribution in [-0.2, 0) is 4.74 Å². The summed E-state index contributed by atoms with van der Waals surface area (Å²) >= 11 is 0. The molecular formula is C15H23NO4. The van der Waals surface area contributed by atoms with Crippen LogP contribution in [0.25, 0.3) is 0 Å². The molecule has 0 saturated carbocycles. The molecule has 1 aromatic rings. The van der Waals surface area contributed by atoms with Gasteiger partial charge in [0.25, 0.3) is 5.69 Å². The van der Waals surface area contributed by atoms with Crippen molar-refractivity contribution in [3.8, 4) is 5.75 Å². The van der Waals surface area contributed by atoms with E-state index in [1.807, 2.05) is 34.6 Å². The fourth-order valence-electron chi connectivity index (χ4n) is 2.19. The highest BCUT2D eigenvalue weighted by Crippen LogP contribution is 2.37. The van der Waals surface area contributed by atoms with Crippen molar-refractivity contribution >= 4 is 5.69 Å². The Morgan fingerprint density at radius 3 is 2.10 bits per heavy atom. The summed E-state index contributed by atoms with van der Waals surface area (Å²) in [6.07, 6.45) is -0.356. The standard InChI is InChI=1S/C15H23NO4/c1-9(2)12-7-14(16(17)18)13(8-15(12)19-6)11(5)20-10(3)4/h7-11H,1-6H3. The van der Waals surface area contributed by atoms with Crippen molar-refractivity contribution in [2.45, 2.75) is 52.7 Å². The van der Waals surface area contributed by atoms with E-state index in [2.05, 4.69) is 0 Å². The largest absolute Gasteiger partial charge is 0.496 e. The van der Waals surface area contributed by atoms with Crippen LogP contribution in [0.15, 0.2) is 12.1 Å². The SMILES string of the molecule is COc1cc(C(C)OC(C)C)c([N+](=O)[O-])cc1C(C)C. The van der Waals surface area contributed by atoms with E-state index in [1.54, 1.807) is 19.2 Å². The smallest absolute Gasteiger partial charge is 0.275 e. The van der Waals surface area contributed by atoms with E-state index < -0.39 is 0 Å². The van der Waals surface area contributed by atoms with Crippen molar-refractivity contribution in [1.29, 1.82) is 0 Å². The average molecular weight is 281 g/mol. The molecule has 5 heteroatoms. The molecule has 0 amide bonds. The van der Waals surface area contributed by atoms with Crippen molar-refractivity contribution in [2.24, 2.45) is 0 Å². The van der Waals surface area contributed by atoms with Crippen LogP contribution in [0.5, 0.6) is 5.75 Å². The van der Waals surface area contributed by atoms with Crippen LogP contribution in [0.4, 0.5) is 5.69 Å². The lowest BCUT2D eigenvalue weighted by Crippen LogP contribution is -2.10. The maximum Gasteiger partial charge on any atom is 0.275 e. The molecule has 0 fully saturated rings. The van der Waals surface area contributed by atoms with Crippen LogP contribution in [0.1, 0.15) is 57.8 Å². The molecule has 20 heavy (non-hydrogen) atoms. The Labute approximate surface area is 120 Å². The summed E-state index contributed by atoms with van der Waals surface area (Å²) in [6, 6.07) is 3.32. The number of rotatable bonds is 6. The number of nitrogens with zero attached hydrogens (tertiary/aromatic N) is 1. The van der Waals surface area contributed by atoms with Crippen LogP contribution in [0.2, 0.25) is 0 Å². The van der Waals surface area contributed by atoms with Crippen molar-refractivity contribution in [1.82, 2.24) is 0 Å². The molecule has 0 aliphatic heterocycles. The van der Waals surface area contributed by atoms with Gasteiger partial charge in [0.15, 0.2) is 0 Å². The minimum Gasteiger partial charge on any atom is -0.496 e. The molecule has 5 nitrogen and oxygen atoms in total. The second-order valence-electron chi connectivity index (χ2n) is 5.39. The summed E-state index contributed by atoms with van der Waals surface area (Å²) in [4.78, 5) is 10.9. The first kappa shape index (κ1) is 16.4. The summed E-state index contributed by atoms with van der Waals surface area (Å²) in [5, 5.41) is 11.3. The minimum atomic E-state index is -0.360. The Hall–Kier alpha value is -1.62. The van der Waals surface area contributed by atoms with Gasteiger partial charge in [-0.15, -0.1) is 0 Å². The Morgan fingerprint density at radius 2 is 1.70 bits per heavy atom. The van der Waals surface area contributed by atoms with Crippen LogP contribution in [0.3, 0.4) is 0 Å². The van der Waals surface area contributed by atoms with Gasteiger partial charge < -0.3 is 9.47 Å². The monoisotopic (exact) mass is 281 g/mol. The molecule has 0 heterocycles. The highest BCUT2D eigenvalue weighted by Gasteiger charge is 2.24. The fourth-order valence-corrected chi connectivity index (χ4v) is 2.19. The second kappa shape index (κ2) is 6.70. The van der Waals surface area contributed by atoms with Gasteiger partial charge in [-0.3, -0.25) is 10.1 Å². The van der Waals surface area contributed by atoms with E-state index in [1.165, 1.54) is 0 Å².